The smallest absolute Gasteiger partial charge is 0.337 e. The zero-order valence-electron chi connectivity index (χ0n) is 17.4. The van der Waals surface area contributed by atoms with Crippen LogP contribution in [-0.2, 0) is 14.3 Å². The largest absolute Gasteiger partial charge is 0.492 e. The molecule has 0 saturated carbocycles. The Balaban J connectivity index is 1.55. The molecule has 1 fully saturated rings. The zero-order valence-corrected chi connectivity index (χ0v) is 17.4. The number of methoxy groups -OCH3 is 1. The number of nitrogens with one attached hydrogen (secondary N) is 2. The lowest BCUT2D eigenvalue weighted by Gasteiger charge is -2.29. The minimum atomic E-state index is -0.778. The van der Waals surface area contributed by atoms with Crippen LogP contribution in [-0.4, -0.2) is 50.9 Å². The van der Waals surface area contributed by atoms with Gasteiger partial charge in [-0.3, -0.25) is 10.1 Å². The predicted octanol–water partition coefficient (Wildman–Crippen LogP) is 2.48. The Hall–Kier alpha value is -2.90. The molecule has 30 heavy (non-hydrogen) atoms. The van der Waals surface area contributed by atoms with Gasteiger partial charge in [-0.1, -0.05) is 30.3 Å². The van der Waals surface area contributed by atoms with Crippen molar-refractivity contribution in [2.45, 2.75) is 24.9 Å². The Labute approximate surface area is 176 Å². The van der Waals surface area contributed by atoms with Crippen molar-refractivity contribution in [2.75, 3.05) is 33.5 Å². The molecule has 2 aromatic rings. The topological polar surface area (TPSA) is 85.9 Å². The standard InChI is InChI=1S/C23H28N2O5/c1-17(18-8-10-19(11-9-18)21(26)28-2)25-22(27)23(12-14-29-16-23)24-13-15-30-20-6-4-3-5-7-20/h3-11,17,24H,12-16H2,1-2H3,(H,25,27). The van der Waals surface area contributed by atoms with Gasteiger partial charge in [-0.2, -0.15) is 0 Å². The minimum absolute atomic E-state index is 0.107. The highest BCUT2D eigenvalue weighted by Crippen LogP contribution is 2.22. The molecule has 0 bridgehead atoms. The van der Waals surface area contributed by atoms with Crippen LogP contribution in [0.4, 0.5) is 0 Å². The molecule has 3 rings (SSSR count). The molecule has 1 heterocycles. The van der Waals surface area contributed by atoms with Crippen molar-refractivity contribution in [3.63, 3.8) is 0 Å². The number of benzene rings is 2. The van der Waals surface area contributed by atoms with Crippen molar-refractivity contribution in [2.24, 2.45) is 0 Å². The van der Waals surface area contributed by atoms with Crippen LogP contribution in [0.1, 0.15) is 35.3 Å². The normalized spacial score (nSPS) is 19.1. The van der Waals surface area contributed by atoms with E-state index in [0.717, 1.165) is 11.3 Å². The number of hydrogen-bond donors (Lipinski definition) is 2. The van der Waals surface area contributed by atoms with Crippen molar-refractivity contribution >= 4 is 11.9 Å². The van der Waals surface area contributed by atoms with E-state index in [4.69, 9.17) is 14.2 Å². The second-order valence-electron chi connectivity index (χ2n) is 7.28. The van der Waals surface area contributed by atoms with Crippen LogP contribution in [0.5, 0.6) is 5.75 Å². The van der Waals surface area contributed by atoms with Gasteiger partial charge in [-0.15, -0.1) is 0 Å². The van der Waals surface area contributed by atoms with Crippen molar-refractivity contribution < 1.29 is 23.8 Å². The molecule has 0 aliphatic carbocycles. The van der Waals surface area contributed by atoms with Crippen LogP contribution in [0.2, 0.25) is 0 Å². The molecule has 1 aliphatic heterocycles. The first-order valence-corrected chi connectivity index (χ1v) is 10.0. The van der Waals surface area contributed by atoms with Gasteiger partial charge in [0, 0.05) is 19.6 Å². The summed E-state index contributed by atoms with van der Waals surface area (Å²) >= 11 is 0. The maximum atomic E-state index is 13.1. The van der Waals surface area contributed by atoms with Gasteiger partial charge in [-0.25, -0.2) is 4.79 Å². The molecule has 2 aromatic carbocycles. The van der Waals surface area contributed by atoms with E-state index < -0.39 is 5.54 Å². The number of amides is 1. The summed E-state index contributed by atoms with van der Waals surface area (Å²) in [6.45, 7) is 3.73. The fourth-order valence-corrected chi connectivity index (χ4v) is 3.38. The van der Waals surface area contributed by atoms with E-state index >= 15 is 0 Å². The molecule has 2 unspecified atom stereocenters. The molecule has 1 amide bonds. The maximum absolute atomic E-state index is 13.1. The number of ether oxygens (including phenoxy) is 3. The van der Waals surface area contributed by atoms with Gasteiger partial charge >= 0.3 is 5.97 Å². The molecule has 1 aliphatic rings. The quantitative estimate of drug-likeness (QED) is 0.486. The third-order valence-corrected chi connectivity index (χ3v) is 5.21. The predicted molar refractivity (Wildman–Crippen MR) is 112 cm³/mol. The first-order chi connectivity index (χ1) is 14.5. The van der Waals surface area contributed by atoms with Gasteiger partial charge in [0.1, 0.15) is 17.9 Å². The van der Waals surface area contributed by atoms with Gasteiger partial charge in [0.25, 0.3) is 0 Å². The molecular formula is C23H28N2O5. The molecule has 0 radical (unpaired) electrons. The first-order valence-electron chi connectivity index (χ1n) is 10.0. The van der Waals surface area contributed by atoms with Gasteiger partial charge in [0.15, 0.2) is 0 Å². The second-order valence-corrected chi connectivity index (χ2v) is 7.28. The van der Waals surface area contributed by atoms with Gasteiger partial charge in [-0.05, 0) is 36.8 Å². The number of rotatable bonds is 9. The number of hydrogen-bond acceptors (Lipinski definition) is 6. The lowest BCUT2D eigenvalue weighted by Crippen LogP contribution is -2.58. The Kier molecular flexibility index (Phi) is 7.43. The second kappa shape index (κ2) is 10.2. The van der Waals surface area contributed by atoms with Crippen molar-refractivity contribution in [3.05, 3.63) is 65.7 Å². The molecule has 0 spiro atoms. The third kappa shape index (κ3) is 5.37. The van der Waals surface area contributed by atoms with E-state index in [1.54, 1.807) is 12.1 Å². The van der Waals surface area contributed by atoms with Crippen molar-refractivity contribution in [1.29, 1.82) is 0 Å². The van der Waals surface area contributed by atoms with Gasteiger partial charge in [0.2, 0.25) is 5.91 Å². The highest BCUT2D eigenvalue weighted by molar-refractivity contribution is 5.89. The van der Waals surface area contributed by atoms with Crippen LogP contribution in [0.25, 0.3) is 0 Å². The van der Waals surface area contributed by atoms with Crippen LogP contribution in [0, 0.1) is 0 Å². The van der Waals surface area contributed by atoms with Crippen molar-refractivity contribution in [3.8, 4) is 5.75 Å². The number of carbonyl (C=O) groups is 2. The number of para-hydroxylation sites is 1. The van der Waals surface area contributed by atoms with E-state index in [2.05, 4.69) is 10.6 Å². The summed E-state index contributed by atoms with van der Waals surface area (Å²) in [5.74, 6) is 0.302. The summed E-state index contributed by atoms with van der Waals surface area (Å²) in [6.07, 6.45) is 0.595. The molecule has 2 atom stereocenters. The van der Waals surface area contributed by atoms with Crippen LogP contribution < -0.4 is 15.4 Å². The van der Waals surface area contributed by atoms with E-state index in [0.29, 0.717) is 38.3 Å². The summed E-state index contributed by atoms with van der Waals surface area (Å²) in [7, 11) is 1.35. The molecule has 7 nitrogen and oxygen atoms in total. The summed E-state index contributed by atoms with van der Waals surface area (Å²) in [5.41, 5.74) is 0.596. The Bertz CT molecular complexity index is 832. The lowest BCUT2D eigenvalue weighted by molar-refractivity contribution is -0.128. The highest BCUT2D eigenvalue weighted by atomic mass is 16.5. The Morgan fingerprint density at radius 2 is 1.87 bits per heavy atom. The van der Waals surface area contributed by atoms with Crippen LogP contribution in [0.3, 0.4) is 0 Å². The molecule has 160 valence electrons. The summed E-state index contributed by atoms with van der Waals surface area (Å²) in [5, 5.41) is 6.39. The molecule has 1 saturated heterocycles. The summed E-state index contributed by atoms with van der Waals surface area (Å²) in [6, 6.07) is 16.4. The first kappa shape index (κ1) is 21.8. The minimum Gasteiger partial charge on any atom is -0.492 e. The molecule has 7 heteroatoms. The summed E-state index contributed by atoms with van der Waals surface area (Å²) in [4.78, 5) is 24.6. The Morgan fingerprint density at radius 3 is 2.50 bits per heavy atom. The third-order valence-electron chi connectivity index (χ3n) is 5.21. The molecule has 0 aromatic heterocycles. The van der Waals surface area contributed by atoms with E-state index in [1.165, 1.54) is 7.11 Å². The lowest BCUT2D eigenvalue weighted by atomic mass is 9.96. The SMILES string of the molecule is COC(=O)c1ccc(C(C)NC(=O)C2(NCCOc3ccccc3)CCOC2)cc1. The number of carbonyl (C=O) groups excluding carboxylic acids is 2. The van der Waals surface area contributed by atoms with E-state index in [-0.39, 0.29) is 17.9 Å². The van der Waals surface area contributed by atoms with Gasteiger partial charge < -0.3 is 19.5 Å². The molecule has 2 N–H and O–H groups in total. The van der Waals surface area contributed by atoms with E-state index in [1.807, 2.05) is 49.4 Å². The number of esters is 1. The zero-order chi connectivity index (χ0) is 21.4. The fourth-order valence-electron chi connectivity index (χ4n) is 3.38. The monoisotopic (exact) mass is 412 g/mol. The van der Waals surface area contributed by atoms with E-state index in [9.17, 15) is 9.59 Å². The maximum Gasteiger partial charge on any atom is 0.337 e. The fraction of sp³-hybridized carbons (Fsp3) is 0.391. The Morgan fingerprint density at radius 1 is 1.13 bits per heavy atom. The average molecular weight is 412 g/mol. The van der Waals surface area contributed by atoms with Crippen LogP contribution >= 0.6 is 0 Å². The van der Waals surface area contributed by atoms with Crippen molar-refractivity contribution in [1.82, 2.24) is 10.6 Å². The molecular weight excluding hydrogens is 384 g/mol. The van der Waals surface area contributed by atoms with Gasteiger partial charge in [0.05, 0.1) is 25.3 Å². The summed E-state index contributed by atoms with van der Waals surface area (Å²) < 4.78 is 15.9. The highest BCUT2D eigenvalue weighted by Gasteiger charge is 2.42. The van der Waals surface area contributed by atoms with Crippen LogP contribution in [0.15, 0.2) is 54.6 Å². The average Bonchev–Trinajstić information content (AvgIpc) is 3.27.